The van der Waals surface area contributed by atoms with Crippen LogP contribution in [0.4, 0.5) is 0 Å². The maximum absolute atomic E-state index is 4.75. The first-order valence-corrected chi connectivity index (χ1v) is 6.55. The Balaban J connectivity index is 1.91. The molecule has 0 aliphatic carbocycles. The maximum Gasteiger partial charge on any atom is 0.124 e. The van der Waals surface area contributed by atoms with Crippen LogP contribution in [0.1, 0.15) is 36.8 Å². The summed E-state index contributed by atoms with van der Waals surface area (Å²) in [7, 11) is 0. The number of H-pyrrole nitrogens is 1. The first kappa shape index (κ1) is 11.4. The molecule has 94 valence electrons. The lowest BCUT2D eigenvalue weighted by atomic mass is 10.0. The number of aromatic amines is 1. The molecule has 18 heavy (non-hydrogen) atoms. The predicted molar refractivity (Wildman–Crippen MR) is 71.2 cm³/mol. The molecule has 0 bridgehead atoms. The van der Waals surface area contributed by atoms with E-state index in [1.54, 1.807) is 6.20 Å². The average molecular weight is 242 g/mol. The molecular formula is C14H18N4. The fourth-order valence-electron chi connectivity index (χ4n) is 2.52. The van der Waals surface area contributed by atoms with Crippen molar-refractivity contribution in [2.24, 2.45) is 0 Å². The first-order chi connectivity index (χ1) is 8.84. The monoisotopic (exact) mass is 242 g/mol. The number of nitrogens with zero attached hydrogens (tertiary/aromatic N) is 2. The van der Waals surface area contributed by atoms with Gasteiger partial charge in [0.15, 0.2) is 0 Å². The Morgan fingerprint density at radius 2 is 2.28 bits per heavy atom. The molecule has 4 heteroatoms. The molecule has 1 aliphatic heterocycles. The lowest BCUT2D eigenvalue weighted by Gasteiger charge is -2.21. The smallest absolute Gasteiger partial charge is 0.124 e. The summed E-state index contributed by atoms with van der Waals surface area (Å²) in [5.41, 5.74) is 3.21. The number of aryl methyl sites for hydroxylation is 1. The highest BCUT2D eigenvalue weighted by Crippen LogP contribution is 2.26. The summed E-state index contributed by atoms with van der Waals surface area (Å²) in [6.45, 7) is 3.16. The van der Waals surface area contributed by atoms with Crippen LogP contribution in [0.5, 0.6) is 0 Å². The first-order valence-electron chi connectivity index (χ1n) is 6.55. The van der Waals surface area contributed by atoms with E-state index in [9.17, 15) is 0 Å². The van der Waals surface area contributed by atoms with Crippen molar-refractivity contribution in [3.8, 4) is 11.3 Å². The van der Waals surface area contributed by atoms with Crippen LogP contribution < -0.4 is 5.32 Å². The summed E-state index contributed by atoms with van der Waals surface area (Å²) >= 11 is 0. The van der Waals surface area contributed by atoms with Gasteiger partial charge in [-0.15, -0.1) is 0 Å². The normalized spacial score (nSPS) is 19.9. The van der Waals surface area contributed by atoms with Crippen LogP contribution in [-0.4, -0.2) is 21.5 Å². The van der Waals surface area contributed by atoms with Crippen molar-refractivity contribution in [1.29, 1.82) is 0 Å². The highest BCUT2D eigenvalue weighted by Gasteiger charge is 2.19. The molecule has 2 N–H and O–H groups in total. The van der Waals surface area contributed by atoms with Gasteiger partial charge in [0.1, 0.15) is 5.82 Å². The maximum atomic E-state index is 4.75. The summed E-state index contributed by atoms with van der Waals surface area (Å²) in [5, 5.41) is 3.52. The van der Waals surface area contributed by atoms with E-state index >= 15 is 0 Å². The lowest BCUT2D eigenvalue weighted by molar-refractivity contribution is 0.399. The second-order valence-electron chi connectivity index (χ2n) is 4.84. The van der Waals surface area contributed by atoms with Gasteiger partial charge in [-0.3, -0.25) is 4.98 Å². The van der Waals surface area contributed by atoms with Gasteiger partial charge in [-0.25, -0.2) is 4.98 Å². The lowest BCUT2D eigenvalue weighted by Crippen LogP contribution is -2.27. The van der Waals surface area contributed by atoms with Crippen LogP contribution >= 0.6 is 0 Å². The van der Waals surface area contributed by atoms with Gasteiger partial charge in [-0.2, -0.15) is 0 Å². The molecule has 4 nitrogen and oxygen atoms in total. The van der Waals surface area contributed by atoms with Gasteiger partial charge in [-0.1, -0.05) is 6.42 Å². The van der Waals surface area contributed by atoms with Gasteiger partial charge in [0.25, 0.3) is 0 Å². The minimum absolute atomic E-state index is 0.378. The predicted octanol–water partition coefficient (Wildman–Crippen LogP) is 2.59. The number of pyridine rings is 1. The quantitative estimate of drug-likeness (QED) is 0.851. The van der Waals surface area contributed by atoms with Gasteiger partial charge in [0.05, 0.1) is 11.7 Å². The molecule has 1 unspecified atom stereocenters. The number of nitrogens with one attached hydrogen (secondary N) is 2. The third-order valence-corrected chi connectivity index (χ3v) is 3.48. The molecule has 1 fully saturated rings. The van der Waals surface area contributed by atoms with Crippen LogP contribution in [0, 0.1) is 6.92 Å². The van der Waals surface area contributed by atoms with E-state index in [0.717, 1.165) is 29.3 Å². The van der Waals surface area contributed by atoms with Gasteiger partial charge in [0.2, 0.25) is 0 Å². The number of aromatic nitrogens is 3. The molecule has 2 aromatic rings. The van der Waals surface area contributed by atoms with Crippen molar-refractivity contribution in [1.82, 2.24) is 20.3 Å². The summed E-state index contributed by atoms with van der Waals surface area (Å²) in [6.07, 6.45) is 7.36. The summed E-state index contributed by atoms with van der Waals surface area (Å²) in [4.78, 5) is 12.3. The molecule has 3 rings (SSSR count). The molecule has 0 spiro atoms. The zero-order valence-corrected chi connectivity index (χ0v) is 10.6. The van der Waals surface area contributed by atoms with Gasteiger partial charge in [0, 0.05) is 23.7 Å². The zero-order chi connectivity index (χ0) is 12.4. The van der Waals surface area contributed by atoms with Crippen LogP contribution in [0.25, 0.3) is 11.3 Å². The van der Waals surface area contributed by atoms with Crippen molar-refractivity contribution in [3.05, 3.63) is 36.0 Å². The Morgan fingerprint density at radius 1 is 1.33 bits per heavy atom. The number of rotatable bonds is 2. The van der Waals surface area contributed by atoms with Gasteiger partial charge < -0.3 is 10.3 Å². The number of imidazole rings is 1. The fraction of sp³-hybridized carbons (Fsp3) is 0.429. The molecule has 3 heterocycles. The number of piperidine rings is 1. The molecule has 0 amide bonds. The molecule has 2 aromatic heterocycles. The second kappa shape index (κ2) is 4.90. The van der Waals surface area contributed by atoms with Crippen LogP contribution in [0.15, 0.2) is 24.5 Å². The van der Waals surface area contributed by atoms with E-state index in [0.29, 0.717) is 6.04 Å². The van der Waals surface area contributed by atoms with Gasteiger partial charge >= 0.3 is 0 Å². The second-order valence-corrected chi connectivity index (χ2v) is 4.84. The molecule has 0 radical (unpaired) electrons. The molecule has 1 saturated heterocycles. The Hall–Kier alpha value is -1.68. The van der Waals surface area contributed by atoms with E-state index in [-0.39, 0.29) is 0 Å². The fourth-order valence-corrected chi connectivity index (χ4v) is 2.52. The molecular weight excluding hydrogens is 224 g/mol. The third-order valence-electron chi connectivity index (χ3n) is 3.48. The van der Waals surface area contributed by atoms with Crippen LogP contribution in [-0.2, 0) is 0 Å². The number of hydrogen-bond acceptors (Lipinski definition) is 3. The Kier molecular flexibility index (Phi) is 3.11. The molecule has 0 aromatic carbocycles. The van der Waals surface area contributed by atoms with Crippen molar-refractivity contribution < 1.29 is 0 Å². The Bertz CT molecular complexity index is 512. The van der Waals surface area contributed by atoms with E-state index in [1.165, 1.54) is 19.3 Å². The molecule has 0 saturated carbocycles. The Labute approximate surface area is 107 Å². The summed E-state index contributed by atoms with van der Waals surface area (Å²) in [5.74, 6) is 1.06. The van der Waals surface area contributed by atoms with Gasteiger partial charge in [-0.05, 0) is 38.4 Å². The van der Waals surface area contributed by atoms with E-state index in [1.807, 2.05) is 18.3 Å². The van der Waals surface area contributed by atoms with E-state index < -0.39 is 0 Å². The highest BCUT2D eigenvalue weighted by molar-refractivity contribution is 5.60. The average Bonchev–Trinajstić information content (AvgIpc) is 2.83. The highest BCUT2D eigenvalue weighted by atomic mass is 15.0. The largest absolute Gasteiger partial charge is 0.344 e. The Morgan fingerprint density at radius 3 is 3.00 bits per heavy atom. The van der Waals surface area contributed by atoms with Crippen molar-refractivity contribution in [2.75, 3.05) is 6.54 Å². The summed E-state index contributed by atoms with van der Waals surface area (Å²) in [6, 6.07) is 4.37. The third kappa shape index (κ3) is 2.16. The zero-order valence-electron chi connectivity index (χ0n) is 10.6. The topological polar surface area (TPSA) is 53.6 Å². The van der Waals surface area contributed by atoms with Crippen LogP contribution in [0.2, 0.25) is 0 Å². The summed E-state index contributed by atoms with van der Waals surface area (Å²) < 4.78 is 0. The van der Waals surface area contributed by atoms with Crippen molar-refractivity contribution >= 4 is 0 Å². The minimum Gasteiger partial charge on any atom is -0.344 e. The molecule has 1 aliphatic rings. The SMILES string of the molecule is Cc1[nH]c(C2CCCCN2)nc1-c1cccnc1. The number of hydrogen-bond donors (Lipinski definition) is 2. The van der Waals surface area contributed by atoms with Crippen molar-refractivity contribution in [3.63, 3.8) is 0 Å². The standard InChI is InChI=1S/C14H18N4/c1-10-13(11-5-4-7-15-9-11)18-14(17-10)12-6-2-3-8-16-12/h4-5,7,9,12,16H,2-3,6,8H2,1H3,(H,17,18). The minimum atomic E-state index is 0.378. The van der Waals surface area contributed by atoms with Crippen molar-refractivity contribution in [2.45, 2.75) is 32.2 Å². The van der Waals surface area contributed by atoms with Crippen LogP contribution in [0.3, 0.4) is 0 Å². The molecule has 1 atom stereocenters. The van der Waals surface area contributed by atoms with E-state index in [4.69, 9.17) is 4.98 Å². The van der Waals surface area contributed by atoms with E-state index in [2.05, 4.69) is 22.2 Å².